The summed E-state index contributed by atoms with van der Waals surface area (Å²) in [6.07, 6.45) is -6.95. The van der Waals surface area contributed by atoms with Gasteiger partial charge in [0.05, 0.1) is 0 Å². The zero-order valence-electron chi connectivity index (χ0n) is 10.9. The highest BCUT2D eigenvalue weighted by Gasteiger charge is 2.35. The van der Waals surface area contributed by atoms with Crippen molar-refractivity contribution in [1.82, 2.24) is 5.32 Å². The van der Waals surface area contributed by atoms with Gasteiger partial charge in [-0.25, -0.2) is 4.79 Å². The molecule has 1 rings (SSSR count). The Balaban J connectivity index is 2.63. The van der Waals surface area contributed by atoms with E-state index in [2.05, 4.69) is 14.8 Å². The number of rotatable bonds is 6. The Morgan fingerprint density at radius 2 is 2.10 bits per heavy atom. The fourth-order valence-electron chi connectivity index (χ4n) is 1.95. The molecule has 2 atom stereocenters. The van der Waals surface area contributed by atoms with Crippen molar-refractivity contribution >= 4 is 17.8 Å². The normalized spacial score (nSPS) is 20.5. The van der Waals surface area contributed by atoms with Gasteiger partial charge in [-0.15, -0.1) is 13.2 Å². The van der Waals surface area contributed by atoms with Gasteiger partial charge in [-0.05, 0) is 12.8 Å². The van der Waals surface area contributed by atoms with Crippen LogP contribution in [0.3, 0.4) is 0 Å². The molecule has 2 unspecified atom stereocenters. The van der Waals surface area contributed by atoms with Crippen molar-refractivity contribution in [2.24, 2.45) is 11.7 Å². The summed E-state index contributed by atoms with van der Waals surface area (Å²) in [6.45, 7) is -0.822. The molecule has 1 fully saturated rings. The number of nitrogens with two attached hydrogens (primary N) is 1. The lowest BCUT2D eigenvalue weighted by Crippen LogP contribution is -2.42. The van der Waals surface area contributed by atoms with Gasteiger partial charge in [-0.1, -0.05) is 0 Å². The molecular formula is C11H15F3N2O5. The van der Waals surface area contributed by atoms with Crippen LogP contribution in [0.4, 0.5) is 18.0 Å². The van der Waals surface area contributed by atoms with Crippen molar-refractivity contribution in [3.8, 4) is 0 Å². The number of hydrogen-bond acceptors (Lipinski definition) is 5. The predicted octanol–water partition coefficient (Wildman–Crippen LogP) is 0.472. The van der Waals surface area contributed by atoms with Gasteiger partial charge < -0.3 is 15.8 Å². The van der Waals surface area contributed by atoms with Gasteiger partial charge in [-0.2, -0.15) is 0 Å². The van der Waals surface area contributed by atoms with Crippen molar-refractivity contribution in [3.05, 3.63) is 0 Å². The van der Waals surface area contributed by atoms with E-state index in [0.717, 1.165) is 0 Å². The monoisotopic (exact) mass is 312 g/mol. The first-order chi connectivity index (χ1) is 9.69. The molecule has 0 spiro atoms. The average Bonchev–Trinajstić information content (AvgIpc) is 2.36. The number of nitrogens with one attached hydrogen (secondary N) is 1. The van der Waals surface area contributed by atoms with Gasteiger partial charge in [0.15, 0.2) is 11.9 Å². The minimum absolute atomic E-state index is 0.227. The molecule has 0 bridgehead atoms. The summed E-state index contributed by atoms with van der Waals surface area (Å²) in [5.41, 5.74) is 4.78. The summed E-state index contributed by atoms with van der Waals surface area (Å²) >= 11 is 0. The molecule has 0 aliphatic carbocycles. The van der Waals surface area contributed by atoms with Gasteiger partial charge >= 0.3 is 12.5 Å². The number of piperidine rings is 1. The molecule has 0 aromatic heterocycles. The zero-order chi connectivity index (χ0) is 16.0. The van der Waals surface area contributed by atoms with Gasteiger partial charge in [0.2, 0.25) is 5.91 Å². The number of primary amides is 1. The molecule has 2 amide bonds. The lowest BCUT2D eigenvalue weighted by atomic mass is 9.91. The molecule has 7 nitrogen and oxygen atoms in total. The largest absolute Gasteiger partial charge is 0.522 e. The molecule has 120 valence electrons. The maximum atomic E-state index is 11.9. The van der Waals surface area contributed by atoms with Crippen LogP contribution >= 0.6 is 0 Å². The molecule has 1 aliphatic heterocycles. The number of carbonyl (C=O) groups excluding carboxylic acids is 3. The Bertz CT molecular complexity index is 413. The standard InChI is InChI=1S/C11H15F3N2O5/c12-11(13,14)20-5-7(17)8(21-10(15)19)4-6-2-1-3-16-9(6)18/h6,8H,1-5H2,(H2,15,19)(H,16,18). The van der Waals surface area contributed by atoms with E-state index < -0.39 is 36.9 Å². The summed E-state index contributed by atoms with van der Waals surface area (Å²) in [5, 5.41) is 2.55. The van der Waals surface area contributed by atoms with Crippen molar-refractivity contribution in [3.63, 3.8) is 0 Å². The first-order valence-corrected chi connectivity index (χ1v) is 6.16. The second kappa shape index (κ2) is 7.25. The Labute approximate surface area is 117 Å². The van der Waals surface area contributed by atoms with Crippen LogP contribution in [0.5, 0.6) is 0 Å². The highest BCUT2D eigenvalue weighted by Crippen LogP contribution is 2.21. The minimum Gasteiger partial charge on any atom is -0.438 e. The number of amides is 2. The van der Waals surface area contributed by atoms with E-state index in [9.17, 15) is 27.6 Å². The molecule has 1 heterocycles. The van der Waals surface area contributed by atoms with Gasteiger partial charge in [0.25, 0.3) is 0 Å². The maximum absolute atomic E-state index is 11.9. The average molecular weight is 312 g/mol. The van der Waals surface area contributed by atoms with Crippen LogP contribution < -0.4 is 11.1 Å². The molecular weight excluding hydrogens is 297 g/mol. The van der Waals surface area contributed by atoms with Gasteiger partial charge in [0, 0.05) is 18.9 Å². The third-order valence-electron chi connectivity index (χ3n) is 2.89. The summed E-state index contributed by atoms with van der Waals surface area (Å²) in [4.78, 5) is 33.9. The number of ketones is 1. The number of alkyl halides is 3. The van der Waals surface area contributed by atoms with Crippen LogP contribution in [0.2, 0.25) is 0 Å². The number of carbonyl (C=O) groups is 3. The van der Waals surface area contributed by atoms with Crippen LogP contribution in [0, 0.1) is 5.92 Å². The highest BCUT2D eigenvalue weighted by atomic mass is 19.4. The molecule has 1 aliphatic rings. The summed E-state index contributed by atoms with van der Waals surface area (Å²) in [5.74, 6) is -2.08. The molecule has 0 aromatic carbocycles. The van der Waals surface area contributed by atoms with E-state index in [0.29, 0.717) is 19.4 Å². The summed E-state index contributed by atoms with van der Waals surface area (Å²) < 4.78 is 43.6. The Morgan fingerprint density at radius 3 is 2.62 bits per heavy atom. The number of Topliss-reactive ketones (excluding diaryl/α,β-unsaturated/α-hetero) is 1. The predicted molar refractivity (Wildman–Crippen MR) is 61.8 cm³/mol. The molecule has 1 saturated heterocycles. The Kier molecular flexibility index (Phi) is 5.94. The van der Waals surface area contributed by atoms with E-state index in [1.54, 1.807) is 0 Å². The maximum Gasteiger partial charge on any atom is 0.522 e. The third-order valence-corrected chi connectivity index (χ3v) is 2.89. The van der Waals surface area contributed by atoms with E-state index in [4.69, 9.17) is 5.73 Å². The van der Waals surface area contributed by atoms with E-state index in [1.807, 2.05) is 0 Å². The Hall–Kier alpha value is -1.84. The minimum atomic E-state index is -4.98. The van der Waals surface area contributed by atoms with Crippen LogP contribution in [-0.4, -0.2) is 43.4 Å². The molecule has 21 heavy (non-hydrogen) atoms. The van der Waals surface area contributed by atoms with E-state index in [-0.39, 0.29) is 12.3 Å². The van der Waals surface area contributed by atoms with Crippen LogP contribution in [-0.2, 0) is 19.1 Å². The van der Waals surface area contributed by atoms with Gasteiger partial charge in [-0.3, -0.25) is 14.3 Å². The fourth-order valence-corrected chi connectivity index (χ4v) is 1.95. The number of halogens is 3. The van der Waals surface area contributed by atoms with E-state index >= 15 is 0 Å². The number of hydrogen-bond donors (Lipinski definition) is 2. The van der Waals surface area contributed by atoms with Crippen LogP contribution in [0.1, 0.15) is 19.3 Å². The van der Waals surface area contributed by atoms with Crippen molar-refractivity contribution in [1.29, 1.82) is 0 Å². The lowest BCUT2D eigenvalue weighted by Gasteiger charge is -2.25. The second-order valence-corrected chi connectivity index (χ2v) is 4.49. The molecule has 10 heteroatoms. The highest BCUT2D eigenvalue weighted by molar-refractivity contribution is 5.87. The third kappa shape index (κ3) is 6.43. The SMILES string of the molecule is NC(=O)OC(CC1CCCNC1=O)C(=O)COC(F)(F)F. The van der Waals surface area contributed by atoms with Crippen molar-refractivity contribution in [2.75, 3.05) is 13.2 Å². The van der Waals surface area contributed by atoms with Crippen LogP contribution in [0.25, 0.3) is 0 Å². The first-order valence-electron chi connectivity index (χ1n) is 6.16. The topological polar surface area (TPSA) is 108 Å². The zero-order valence-corrected chi connectivity index (χ0v) is 10.9. The van der Waals surface area contributed by atoms with Crippen molar-refractivity contribution < 1.29 is 37.0 Å². The first kappa shape index (κ1) is 17.2. The quantitative estimate of drug-likeness (QED) is 0.741. The van der Waals surface area contributed by atoms with Crippen LogP contribution in [0.15, 0.2) is 0 Å². The molecule has 0 saturated carbocycles. The second-order valence-electron chi connectivity index (χ2n) is 4.49. The smallest absolute Gasteiger partial charge is 0.438 e. The molecule has 3 N–H and O–H groups in total. The molecule has 0 radical (unpaired) electrons. The van der Waals surface area contributed by atoms with Gasteiger partial charge in [0.1, 0.15) is 6.61 Å². The number of ether oxygens (including phenoxy) is 2. The lowest BCUT2D eigenvalue weighted by molar-refractivity contribution is -0.321. The van der Waals surface area contributed by atoms with Crippen molar-refractivity contribution in [2.45, 2.75) is 31.7 Å². The fraction of sp³-hybridized carbons (Fsp3) is 0.727. The van der Waals surface area contributed by atoms with E-state index in [1.165, 1.54) is 0 Å². The summed E-state index contributed by atoms with van der Waals surface area (Å²) in [7, 11) is 0. The Morgan fingerprint density at radius 1 is 1.43 bits per heavy atom. The molecule has 0 aromatic rings. The summed E-state index contributed by atoms with van der Waals surface area (Å²) in [6, 6.07) is 0.